The number of rotatable bonds is 5. The maximum absolute atomic E-state index is 12.4. The van der Waals surface area contributed by atoms with Gasteiger partial charge in [0.15, 0.2) is 0 Å². The quantitative estimate of drug-likeness (QED) is 0.407. The highest BCUT2D eigenvalue weighted by Crippen LogP contribution is 2.19. The van der Waals surface area contributed by atoms with E-state index >= 15 is 0 Å². The molecule has 0 aliphatic carbocycles. The maximum atomic E-state index is 12.4. The number of hydrogen-bond acceptors (Lipinski definition) is 3. The zero-order valence-electron chi connectivity index (χ0n) is 16.5. The van der Waals surface area contributed by atoms with Gasteiger partial charge >= 0.3 is 0 Å². The van der Waals surface area contributed by atoms with Gasteiger partial charge < -0.3 is 4.57 Å². The first-order chi connectivity index (χ1) is 14.1. The van der Waals surface area contributed by atoms with Gasteiger partial charge in [-0.05, 0) is 42.7 Å². The van der Waals surface area contributed by atoms with E-state index < -0.39 is 0 Å². The molecule has 0 aliphatic rings. The molecule has 29 heavy (non-hydrogen) atoms. The van der Waals surface area contributed by atoms with Crippen LogP contribution in [0, 0.1) is 6.92 Å². The van der Waals surface area contributed by atoms with Crippen LogP contribution in [0.25, 0.3) is 22.2 Å². The number of carbonyl (C=O) groups excluding carboxylic acids is 1. The number of carbonyl (C=O) groups is 1. The summed E-state index contributed by atoms with van der Waals surface area (Å²) in [7, 11) is 0. The summed E-state index contributed by atoms with van der Waals surface area (Å²) in [5.74, 6) is 0.620. The van der Waals surface area contributed by atoms with E-state index in [0.717, 1.165) is 33.7 Å². The van der Waals surface area contributed by atoms with Crippen molar-refractivity contribution in [3.8, 4) is 11.1 Å². The van der Waals surface area contributed by atoms with Gasteiger partial charge in [0.1, 0.15) is 12.4 Å². The standard InChI is InChI=1S/C24H22N4O/c1-17(19-12-14-21(15-13-19)20-8-4-3-5-9-20)26-27-24(29)16-28-18(2)25-22-10-6-7-11-23(22)28/h3-15H,16H2,1-2H3,(H,27,29). The molecule has 1 heterocycles. The normalized spacial score (nSPS) is 11.6. The van der Waals surface area contributed by atoms with Crippen LogP contribution in [0.4, 0.5) is 0 Å². The average molecular weight is 382 g/mol. The van der Waals surface area contributed by atoms with Crippen molar-refractivity contribution >= 4 is 22.7 Å². The van der Waals surface area contributed by atoms with Crippen LogP contribution in [-0.2, 0) is 11.3 Å². The third-order valence-electron chi connectivity index (χ3n) is 4.91. The van der Waals surface area contributed by atoms with E-state index in [1.54, 1.807) is 0 Å². The topological polar surface area (TPSA) is 59.3 Å². The predicted octanol–water partition coefficient (Wildman–Crippen LogP) is 4.55. The molecule has 5 nitrogen and oxygen atoms in total. The number of hydrogen-bond donors (Lipinski definition) is 1. The zero-order chi connectivity index (χ0) is 20.2. The molecule has 3 aromatic carbocycles. The van der Waals surface area contributed by atoms with Crippen molar-refractivity contribution in [2.24, 2.45) is 5.10 Å². The van der Waals surface area contributed by atoms with Gasteiger partial charge in [-0.3, -0.25) is 4.79 Å². The molecule has 1 amide bonds. The Balaban J connectivity index is 1.44. The molecule has 0 fully saturated rings. The molecule has 0 saturated carbocycles. The number of para-hydroxylation sites is 2. The van der Waals surface area contributed by atoms with Crippen molar-refractivity contribution in [2.45, 2.75) is 20.4 Å². The minimum atomic E-state index is -0.184. The molecule has 1 aromatic heterocycles. The molecular weight excluding hydrogens is 360 g/mol. The van der Waals surface area contributed by atoms with Crippen LogP contribution in [0.1, 0.15) is 18.3 Å². The fraction of sp³-hybridized carbons (Fsp3) is 0.125. The number of imidazole rings is 1. The second kappa shape index (κ2) is 8.10. The van der Waals surface area contributed by atoms with Gasteiger partial charge in [0, 0.05) is 0 Å². The Morgan fingerprint density at radius 1 is 0.931 bits per heavy atom. The number of amides is 1. The first kappa shape index (κ1) is 18.6. The molecule has 0 atom stereocenters. The van der Waals surface area contributed by atoms with Crippen molar-refractivity contribution in [2.75, 3.05) is 0 Å². The lowest BCUT2D eigenvalue weighted by Gasteiger charge is -2.07. The van der Waals surface area contributed by atoms with Crippen LogP contribution in [0.15, 0.2) is 84.0 Å². The van der Waals surface area contributed by atoms with E-state index in [-0.39, 0.29) is 12.5 Å². The Kier molecular flexibility index (Phi) is 5.20. The Morgan fingerprint density at radius 3 is 2.34 bits per heavy atom. The number of hydrazone groups is 1. The van der Waals surface area contributed by atoms with Gasteiger partial charge in [-0.25, -0.2) is 10.4 Å². The number of benzene rings is 3. The van der Waals surface area contributed by atoms with E-state index in [1.807, 2.05) is 73.0 Å². The first-order valence-electron chi connectivity index (χ1n) is 9.52. The lowest BCUT2D eigenvalue weighted by atomic mass is 10.0. The van der Waals surface area contributed by atoms with Crippen LogP contribution in [0.5, 0.6) is 0 Å². The van der Waals surface area contributed by atoms with Gasteiger partial charge in [0.25, 0.3) is 5.91 Å². The predicted molar refractivity (Wildman–Crippen MR) is 117 cm³/mol. The monoisotopic (exact) mass is 382 g/mol. The molecule has 0 bridgehead atoms. The van der Waals surface area contributed by atoms with Crippen molar-refractivity contribution in [1.82, 2.24) is 15.0 Å². The van der Waals surface area contributed by atoms with E-state index in [1.165, 1.54) is 5.56 Å². The fourth-order valence-electron chi connectivity index (χ4n) is 3.32. The molecular formula is C24H22N4O. The van der Waals surface area contributed by atoms with Gasteiger partial charge in [-0.2, -0.15) is 5.10 Å². The second-order valence-electron chi connectivity index (χ2n) is 6.91. The van der Waals surface area contributed by atoms with E-state index in [0.29, 0.717) is 0 Å². The Bertz CT molecular complexity index is 1170. The summed E-state index contributed by atoms with van der Waals surface area (Å²) < 4.78 is 1.89. The third-order valence-corrected chi connectivity index (χ3v) is 4.91. The minimum absolute atomic E-state index is 0.177. The molecule has 0 unspecified atom stereocenters. The Morgan fingerprint density at radius 2 is 1.59 bits per heavy atom. The number of fused-ring (bicyclic) bond motifs is 1. The van der Waals surface area contributed by atoms with Crippen LogP contribution < -0.4 is 5.43 Å². The molecule has 0 saturated heterocycles. The van der Waals surface area contributed by atoms with E-state index in [4.69, 9.17) is 0 Å². The number of aromatic nitrogens is 2. The van der Waals surface area contributed by atoms with E-state index in [2.05, 4.69) is 39.8 Å². The molecule has 4 rings (SSSR count). The highest BCUT2D eigenvalue weighted by molar-refractivity contribution is 5.99. The van der Waals surface area contributed by atoms with Crippen LogP contribution in [-0.4, -0.2) is 21.2 Å². The van der Waals surface area contributed by atoms with Crippen molar-refractivity contribution in [1.29, 1.82) is 0 Å². The van der Waals surface area contributed by atoms with Crippen LogP contribution in [0.2, 0.25) is 0 Å². The number of aryl methyl sites for hydroxylation is 1. The van der Waals surface area contributed by atoms with E-state index in [9.17, 15) is 4.79 Å². The molecule has 1 N–H and O–H groups in total. The van der Waals surface area contributed by atoms with Gasteiger partial charge in [-0.15, -0.1) is 0 Å². The summed E-state index contributed by atoms with van der Waals surface area (Å²) >= 11 is 0. The van der Waals surface area contributed by atoms with Crippen molar-refractivity contribution in [3.05, 3.63) is 90.3 Å². The summed E-state index contributed by atoms with van der Waals surface area (Å²) in [6, 6.07) is 26.2. The molecule has 144 valence electrons. The fourth-order valence-corrected chi connectivity index (χ4v) is 3.32. The summed E-state index contributed by atoms with van der Waals surface area (Å²) in [5, 5.41) is 4.27. The molecule has 4 aromatic rings. The van der Waals surface area contributed by atoms with Crippen LogP contribution in [0.3, 0.4) is 0 Å². The smallest absolute Gasteiger partial charge is 0.260 e. The lowest BCUT2D eigenvalue weighted by molar-refractivity contribution is -0.121. The van der Waals surface area contributed by atoms with Crippen molar-refractivity contribution in [3.63, 3.8) is 0 Å². The number of nitrogens with one attached hydrogen (secondary N) is 1. The number of nitrogens with zero attached hydrogens (tertiary/aromatic N) is 3. The van der Waals surface area contributed by atoms with Crippen LogP contribution >= 0.6 is 0 Å². The molecule has 5 heteroatoms. The van der Waals surface area contributed by atoms with Gasteiger partial charge in [-0.1, -0.05) is 66.7 Å². The summed E-state index contributed by atoms with van der Waals surface area (Å²) in [6.45, 7) is 3.96. The highest BCUT2D eigenvalue weighted by atomic mass is 16.2. The SMILES string of the molecule is CC(=NNC(=O)Cn1c(C)nc2ccccc21)c1ccc(-c2ccccc2)cc1. The summed E-state index contributed by atoms with van der Waals surface area (Å²) in [5.41, 5.74) is 8.52. The van der Waals surface area contributed by atoms with Gasteiger partial charge in [0.2, 0.25) is 0 Å². The summed E-state index contributed by atoms with van der Waals surface area (Å²) in [6.07, 6.45) is 0. The zero-order valence-corrected chi connectivity index (χ0v) is 16.5. The Hall–Kier alpha value is -3.73. The average Bonchev–Trinajstić information content (AvgIpc) is 3.08. The van der Waals surface area contributed by atoms with Gasteiger partial charge in [0.05, 0.1) is 16.7 Å². The minimum Gasteiger partial charge on any atom is -0.319 e. The molecule has 0 aliphatic heterocycles. The lowest BCUT2D eigenvalue weighted by Crippen LogP contribution is -2.24. The largest absolute Gasteiger partial charge is 0.319 e. The molecule has 0 spiro atoms. The second-order valence-corrected chi connectivity index (χ2v) is 6.91. The Labute approximate surface area is 169 Å². The summed E-state index contributed by atoms with van der Waals surface area (Å²) in [4.78, 5) is 16.9. The third kappa shape index (κ3) is 4.09. The molecule has 0 radical (unpaired) electrons. The first-order valence-corrected chi connectivity index (χ1v) is 9.52. The maximum Gasteiger partial charge on any atom is 0.260 e. The highest BCUT2D eigenvalue weighted by Gasteiger charge is 2.10. The van der Waals surface area contributed by atoms with Crippen molar-refractivity contribution < 1.29 is 4.79 Å².